The van der Waals surface area contributed by atoms with Crippen molar-refractivity contribution in [1.29, 1.82) is 0 Å². The summed E-state index contributed by atoms with van der Waals surface area (Å²) in [6.07, 6.45) is 10.3. The minimum absolute atomic E-state index is 0.204. The van der Waals surface area contributed by atoms with E-state index >= 15 is 0 Å². The lowest BCUT2D eigenvalue weighted by Gasteiger charge is -2.24. The number of Topliss-reactive ketones (excluding diaryl/α,β-unsaturated/α-hetero) is 2. The number of benzene rings is 2. The Balaban J connectivity index is 1.33. The molecule has 2 aliphatic carbocycles. The number of carbonyl (C=O) groups excluding carboxylic acids is 2. The molecule has 5 nitrogen and oxygen atoms in total. The number of anilines is 2. The SMILES string of the molecule is O=C1C(=CC2=CC=C(N(c3ccco3)c3ccco3)CC2)C(=O)c2cc3ccccc3cc21. The van der Waals surface area contributed by atoms with E-state index in [2.05, 4.69) is 0 Å². The highest BCUT2D eigenvalue weighted by molar-refractivity contribution is 6.40. The number of hydrogen-bond acceptors (Lipinski definition) is 5. The first-order valence-corrected chi connectivity index (χ1v) is 10.8. The number of ketones is 2. The largest absolute Gasteiger partial charge is 0.448 e. The lowest BCUT2D eigenvalue weighted by atomic mass is 9.98. The minimum Gasteiger partial charge on any atom is -0.448 e. The molecule has 0 radical (unpaired) electrons. The molecule has 0 saturated heterocycles. The number of carbonyl (C=O) groups is 2. The van der Waals surface area contributed by atoms with Gasteiger partial charge in [-0.05, 0) is 65.6 Å². The van der Waals surface area contributed by atoms with E-state index in [0.29, 0.717) is 35.7 Å². The van der Waals surface area contributed by atoms with Gasteiger partial charge in [-0.3, -0.25) is 14.5 Å². The molecule has 0 saturated carbocycles. The fraction of sp³-hybridized carbons (Fsp3) is 0.0714. The molecule has 2 aromatic heterocycles. The van der Waals surface area contributed by atoms with Gasteiger partial charge in [0, 0.05) is 29.0 Å². The van der Waals surface area contributed by atoms with Crippen molar-refractivity contribution in [3.05, 3.63) is 119 Å². The molecule has 6 rings (SSSR count). The van der Waals surface area contributed by atoms with E-state index in [0.717, 1.165) is 22.0 Å². The molecule has 0 amide bonds. The molecule has 2 aliphatic rings. The highest BCUT2D eigenvalue weighted by Crippen LogP contribution is 2.36. The second kappa shape index (κ2) is 7.64. The Morgan fingerprint density at radius 1 is 0.727 bits per heavy atom. The first-order chi connectivity index (χ1) is 16.2. The first kappa shape index (κ1) is 19.3. The number of rotatable bonds is 4. The van der Waals surface area contributed by atoms with E-state index in [9.17, 15) is 9.59 Å². The molecular formula is C28H19NO4. The van der Waals surface area contributed by atoms with Gasteiger partial charge >= 0.3 is 0 Å². The number of nitrogens with zero attached hydrogens (tertiary/aromatic N) is 1. The van der Waals surface area contributed by atoms with Crippen LogP contribution in [0.3, 0.4) is 0 Å². The van der Waals surface area contributed by atoms with Gasteiger partial charge in [0.15, 0.2) is 11.6 Å². The Labute approximate surface area is 189 Å². The third-order valence-corrected chi connectivity index (χ3v) is 6.09. The summed E-state index contributed by atoms with van der Waals surface area (Å²) in [5.74, 6) is 0.915. The van der Waals surface area contributed by atoms with Crippen molar-refractivity contribution < 1.29 is 18.4 Å². The Bertz CT molecular complexity index is 1390. The number of allylic oxidation sites excluding steroid dienone is 6. The second-order valence-corrected chi connectivity index (χ2v) is 8.10. The number of fused-ring (bicyclic) bond motifs is 2. The summed E-state index contributed by atoms with van der Waals surface area (Å²) in [7, 11) is 0. The number of hydrogen-bond donors (Lipinski definition) is 0. The highest BCUT2D eigenvalue weighted by Gasteiger charge is 2.33. The van der Waals surface area contributed by atoms with Crippen molar-refractivity contribution in [1.82, 2.24) is 0 Å². The Morgan fingerprint density at radius 2 is 1.33 bits per heavy atom. The number of furan rings is 2. The van der Waals surface area contributed by atoms with Crippen molar-refractivity contribution in [3.8, 4) is 0 Å². The van der Waals surface area contributed by atoms with Crippen LogP contribution in [0.2, 0.25) is 0 Å². The van der Waals surface area contributed by atoms with Crippen LogP contribution in [0.25, 0.3) is 10.8 Å². The molecule has 0 atom stereocenters. The maximum absolute atomic E-state index is 13.0. The molecule has 0 bridgehead atoms. The molecule has 4 aromatic rings. The van der Waals surface area contributed by atoms with Gasteiger partial charge in [0.25, 0.3) is 0 Å². The van der Waals surface area contributed by atoms with E-state index in [1.807, 2.05) is 77.7 Å². The Hall–Kier alpha value is -4.38. The van der Waals surface area contributed by atoms with Crippen LogP contribution in [0.1, 0.15) is 33.6 Å². The summed E-state index contributed by atoms with van der Waals surface area (Å²) in [5.41, 5.74) is 3.14. The van der Waals surface area contributed by atoms with Gasteiger partial charge in [-0.2, -0.15) is 0 Å². The zero-order valence-electron chi connectivity index (χ0n) is 17.7. The lowest BCUT2D eigenvalue weighted by molar-refractivity contribution is 0.0988. The van der Waals surface area contributed by atoms with Crippen molar-refractivity contribution >= 4 is 34.1 Å². The second-order valence-electron chi connectivity index (χ2n) is 8.10. The maximum atomic E-state index is 13.0. The normalized spacial score (nSPS) is 15.5. The van der Waals surface area contributed by atoms with Gasteiger partial charge in [0.2, 0.25) is 11.8 Å². The van der Waals surface area contributed by atoms with Gasteiger partial charge < -0.3 is 8.83 Å². The predicted octanol–water partition coefficient (Wildman–Crippen LogP) is 6.77. The van der Waals surface area contributed by atoms with Crippen LogP contribution in [0.5, 0.6) is 0 Å². The molecule has 2 aromatic carbocycles. The van der Waals surface area contributed by atoms with Crippen LogP contribution in [0.4, 0.5) is 11.8 Å². The minimum atomic E-state index is -0.204. The average molecular weight is 433 g/mol. The van der Waals surface area contributed by atoms with Crippen LogP contribution < -0.4 is 4.90 Å². The van der Waals surface area contributed by atoms with Crippen LogP contribution in [-0.2, 0) is 0 Å². The summed E-state index contributed by atoms with van der Waals surface area (Å²) in [5, 5.41) is 1.91. The third kappa shape index (κ3) is 3.26. The fourth-order valence-electron chi connectivity index (χ4n) is 4.46. The summed E-state index contributed by atoms with van der Waals surface area (Å²) < 4.78 is 11.2. The van der Waals surface area contributed by atoms with Gasteiger partial charge in [0.05, 0.1) is 18.1 Å². The maximum Gasteiger partial charge on any atom is 0.206 e. The molecular weight excluding hydrogens is 414 g/mol. The van der Waals surface area contributed by atoms with Crippen LogP contribution in [0, 0.1) is 0 Å². The van der Waals surface area contributed by atoms with Gasteiger partial charge in [-0.1, -0.05) is 30.3 Å². The smallest absolute Gasteiger partial charge is 0.206 e. The third-order valence-electron chi connectivity index (χ3n) is 6.09. The van der Waals surface area contributed by atoms with Crippen molar-refractivity contribution in [2.75, 3.05) is 4.90 Å². The van der Waals surface area contributed by atoms with E-state index < -0.39 is 0 Å². The monoisotopic (exact) mass is 433 g/mol. The van der Waals surface area contributed by atoms with Gasteiger partial charge in [0.1, 0.15) is 0 Å². The molecule has 5 heteroatoms. The van der Waals surface area contributed by atoms with Crippen LogP contribution in [0.15, 0.2) is 117 Å². The standard InChI is InChI=1S/C28H19NO4/c30-27-22-16-19-5-1-2-6-20(19)17-23(22)28(31)24(27)15-18-9-11-21(12-10-18)29(25-7-3-13-32-25)26-8-4-14-33-26/h1-9,11,13-17H,10,12H2. The molecule has 2 heterocycles. The zero-order chi connectivity index (χ0) is 22.4. The Kier molecular flexibility index (Phi) is 4.47. The Morgan fingerprint density at radius 3 is 1.82 bits per heavy atom. The van der Waals surface area contributed by atoms with Gasteiger partial charge in [-0.25, -0.2) is 0 Å². The topological polar surface area (TPSA) is 63.7 Å². The van der Waals surface area contributed by atoms with E-state index in [1.54, 1.807) is 18.6 Å². The van der Waals surface area contributed by atoms with Crippen molar-refractivity contribution in [3.63, 3.8) is 0 Å². The molecule has 0 unspecified atom stereocenters. The quantitative estimate of drug-likeness (QED) is 0.262. The molecule has 33 heavy (non-hydrogen) atoms. The average Bonchev–Trinajstić information content (AvgIpc) is 3.60. The summed E-state index contributed by atoms with van der Waals surface area (Å²) in [6.45, 7) is 0. The van der Waals surface area contributed by atoms with Gasteiger partial charge in [-0.15, -0.1) is 0 Å². The van der Waals surface area contributed by atoms with E-state index in [1.165, 1.54) is 0 Å². The molecule has 0 N–H and O–H groups in total. The zero-order valence-corrected chi connectivity index (χ0v) is 17.7. The lowest BCUT2D eigenvalue weighted by Crippen LogP contribution is -2.16. The highest BCUT2D eigenvalue weighted by atomic mass is 16.4. The molecule has 0 aliphatic heterocycles. The molecule has 0 spiro atoms. The first-order valence-electron chi connectivity index (χ1n) is 10.8. The van der Waals surface area contributed by atoms with Crippen LogP contribution in [-0.4, -0.2) is 11.6 Å². The fourth-order valence-corrected chi connectivity index (χ4v) is 4.46. The summed E-state index contributed by atoms with van der Waals surface area (Å²) >= 11 is 0. The van der Waals surface area contributed by atoms with Crippen molar-refractivity contribution in [2.45, 2.75) is 12.8 Å². The van der Waals surface area contributed by atoms with E-state index in [-0.39, 0.29) is 17.1 Å². The van der Waals surface area contributed by atoms with Crippen molar-refractivity contribution in [2.24, 2.45) is 0 Å². The molecule has 0 fully saturated rings. The summed E-state index contributed by atoms with van der Waals surface area (Å²) in [4.78, 5) is 28.0. The van der Waals surface area contributed by atoms with E-state index in [4.69, 9.17) is 8.83 Å². The molecule has 160 valence electrons. The van der Waals surface area contributed by atoms with Crippen LogP contribution >= 0.6 is 0 Å². The summed E-state index contributed by atoms with van der Waals surface area (Å²) in [6, 6.07) is 18.8. The predicted molar refractivity (Wildman–Crippen MR) is 126 cm³/mol.